The van der Waals surface area contributed by atoms with Crippen molar-refractivity contribution in [3.05, 3.63) is 0 Å². The zero-order valence-electron chi connectivity index (χ0n) is 7.97. The smallest absolute Gasteiger partial charge is 0.0512 e. The minimum absolute atomic E-state index is 0.0961. The molecule has 0 aromatic heterocycles. The molecule has 0 saturated heterocycles. The van der Waals surface area contributed by atoms with Crippen LogP contribution in [0.1, 0.15) is 58.8 Å². The summed E-state index contributed by atoms with van der Waals surface area (Å²) in [5.41, 5.74) is 0. The summed E-state index contributed by atoms with van der Waals surface area (Å²) in [5, 5.41) is 8.96. The van der Waals surface area contributed by atoms with Crippen LogP contribution >= 0.6 is 0 Å². The maximum absolute atomic E-state index is 8.96. The Bertz CT molecular complexity index is 69.3. The summed E-state index contributed by atoms with van der Waals surface area (Å²) < 4.78 is 0. The van der Waals surface area contributed by atoms with Crippen molar-refractivity contribution in [2.45, 2.75) is 64.9 Å². The Hall–Kier alpha value is -0.0400. The number of hydrogen-bond donors (Lipinski definition) is 1. The fourth-order valence-corrected chi connectivity index (χ4v) is 1.22. The second-order valence-electron chi connectivity index (χ2n) is 3.41. The van der Waals surface area contributed by atoms with Gasteiger partial charge in [-0.1, -0.05) is 45.4 Å². The molecule has 0 unspecified atom stereocenters. The lowest BCUT2D eigenvalue weighted by molar-refractivity contribution is 0.180. The molecule has 0 aliphatic rings. The highest BCUT2D eigenvalue weighted by Crippen LogP contribution is 2.07. The van der Waals surface area contributed by atoms with Crippen molar-refractivity contribution in [3.8, 4) is 0 Å². The molecule has 0 radical (unpaired) electrons. The summed E-state index contributed by atoms with van der Waals surface area (Å²) >= 11 is 0. The van der Waals surface area contributed by atoms with E-state index in [0.717, 1.165) is 6.42 Å². The van der Waals surface area contributed by atoms with Gasteiger partial charge in [-0.05, 0) is 13.3 Å². The monoisotopic (exact) mass is 158 g/mol. The number of hydrogen-bond acceptors (Lipinski definition) is 1. The number of aliphatic hydroxyl groups is 1. The molecule has 0 rings (SSSR count). The molecule has 0 saturated carbocycles. The molecular weight excluding hydrogens is 136 g/mol. The quantitative estimate of drug-likeness (QED) is 0.564. The van der Waals surface area contributed by atoms with E-state index in [4.69, 9.17) is 5.11 Å². The van der Waals surface area contributed by atoms with Gasteiger partial charge in [-0.15, -0.1) is 0 Å². The van der Waals surface area contributed by atoms with Gasteiger partial charge in [-0.2, -0.15) is 0 Å². The first-order valence-electron chi connectivity index (χ1n) is 4.95. The molecule has 0 fully saturated rings. The molecule has 1 heteroatoms. The molecule has 0 aromatic carbocycles. The van der Waals surface area contributed by atoms with Gasteiger partial charge in [0.2, 0.25) is 0 Å². The van der Waals surface area contributed by atoms with Crippen molar-refractivity contribution in [2.75, 3.05) is 0 Å². The fraction of sp³-hybridized carbons (Fsp3) is 1.00. The first-order chi connectivity index (χ1) is 5.27. The molecule has 1 N–H and O–H groups in total. The van der Waals surface area contributed by atoms with Crippen molar-refractivity contribution < 1.29 is 5.11 Å². The third kappa shape index (κ3) is 9.96. The molecule has 0 amide bonds. The van der Waals surface area contributed by atoms with Crippen LogP contribution in [0.4, 0.5) is 0 Å². The van der Waals surface area contributed by atoms with Crippen LogP contribution in [-0.4, -0.2) is 11.2 Å². The minimum atomic E-state index is -0.0961. The maximum atomic E-state index is 8.96. The Balaban J connectivity index is 2.80. The van der Waals surface area contributed by atoms with Gasteiger partial charge in [-0.25, -0.2) is 0 Å². The molecule has 0 aliphatic carbocycles. The van der Waals surface area contributed by atoms with Gasteiger partial charge in [-0.3, -0.25) is 0 Å². The van der Waals surface area contributed by atoms with Crippen molar-refractivity contribution in [1.29, 1.82) is 0 Å². The molecule has 0 spiro atoms. The predicted molar refractivity (Wildman–Crippen MR) is 49.7 cm³/mol. The van der Waals surface area contributed by atoms with Crippen LogP contribution in [0.5, 0.6) is 0 Å². The highest BCUT2D eigenvalue weighted by Gasteiger charge is 1.94. The highest BCUT2D eigenvalue weighted by atomic mass is 16.3. The normalized spacial score (nSPS) is 13.4. The largest absolute Gasteiger partial charge is 0.393 e. The molecule has 68 valence electrons. The van der Waals surface area contributed by atoms with Gasteiger partial charge in [0, 0.05) is 0 Å². The number of rotatable bonds is 7. The zero-order chi connectivity index (χ0) is 8.53. The number of unbranched alkanes of at least 4 members (excludes halogenated alkanes) is 5. The Kier molecular flexibility index (Phi) is 8.03. The topological polar surface area (TPSA) is 20.2 Å². The second kappa shape index (κ2) is 8.06. The van der Waals surface area contributed by atoms with Crippen molar-refractivity contribution in [1.82, 2.24) is 0 Å². The van der Waals surface area contributed by atoms with Crippen LogP contribution in [0.3, 0.4) is 0 Å². The lowest BCUT2D eigenvalue weighted by Crippen LogP contribution is -1.98. The summed E-state index contributed by atoms with van der Waals surface area (Å²) in [6.07, 6.45) is 8.78. The molecule has 0 heterocycles. The highest BCUT2D eigenvalue weighted by molar-refractivity contribution is 4.48. The summed E-state index contributed by atoms with van der Waals surface area (Å²) in [5.74, 6) is 0. The standard InChI is InChI=1S/C10H22O/c1-3-4-5-6-7-8-9-10(2)11/h10-11H,3-9H2,1-2H3/t10-/m0/s1. The van der Waals surface area contributed by atoms with Crippen LogP contribution in [0, 0.1) is 0 Å². The van der Waals surface area contributed by atoms with E-state index < -0.39 is 0 Å². The molecule has 0 aliphatic heterocycles. The number of aliphatic hydroxyl groups excluding tert-OH is 1. The van der Waals surface area contributed by atoms with E-state index in [1.165, 1.54) is 38.5 Å². The van der Waals surface area contributed by atoms with E-state index in [9.17, 15) is 0 Å². The minimum Gasteiger partial charge on any atom is -0.393 e. The molecule has 11 heavy (non-hydrogen) atoms. The van der Waals surface area contributed by atoms with Gasteiger partial charge in [0.1, 0.15) is 0 Å². The van der Waals surface area contributed by atoms with E-state index in [1.54, 1.807) is 0 Å². The summed E-state index contributed by atoms with van der Waals surface area (Å²) in [6.45, 7) is 4.10. The van der Waals surface area contributed by atoms with Gasteiger partial charge < -0.3 is 5.11 Å². The van der Waals surface area contributed by atoms with Gasteiger partial charge >= 0.3 is 0 Å². The fourth-order valence-electron chi connectivity index (χ4n) is 1.22. The lowest BCUT2D eigenvalue weighted by Gasteiger charge is -2.02. The molecule has 1 nitrogen and oxygen atoms in total. The van der Waals surface area contributed by atoms with Crippen molar-refractivity contribution >= 4 is 0 Å². The van der Waals surface area contributed by atoms with Crippen LogP contribution in [0.2, 0.25) is 0 Å². The first-order valence-corrected chi connectivity index (χ1v) is 4.95. The summed E-state index contributed by atoms with van der Waals surface area (Å²) in [4.78, 5) is 0. The van der Waals surface area contributed by atoms with E-state index in [-0.39, 0.29) is 6.10 Å². The van der Waals surface area contributed by atoms with Crippen LogP contribution in [0.15, 0.2) is 0 Å². The van der Waals surface area contributed by atoms with E-state index in [1.807, 2.05) is 6.92 Å². The van der Waals surface area contributed by atoms with E-state index in [2.05, 4.69) is 6.92 Å². The zero-order valence-corrected chi connectivity index (χ0v) is 7.97. The Morgan fingerprint density at radius 2 is 1.55 bits per heavy atom. The predicted octanol–water partition coefficient (Wildman–Crippen LogP) is 3.12. The van der Waals surface area contributed by atoms with Crippen LogP contribution in [0.25, 0.3) is 0 Å². The van der Waals surface area contributed by atoms with E-state index in [0.29, 0.717) is 0 Å². The Morgan fingerprint density at radius 1 is 1.00 bits per heavy atom. The third-order valence-electron chi connectivity index (χ3n) is 1.98. The SMILES string of the molecule is CCCCCCCC[C@H](C)O. The van der Waals surface area contributed by atoms with Crippen LogP contribution < -0.4 is 0 Å². The lowest BCUT2D eigenvalue weighted by atomic mass is 10.1. The average molecular weight is 158 g/mol. The molecule has 0 aromatic rings. The van der Waals surface area contributed by atoms with Gasteiger partial charge in [0.15, 0.2) is 0 Å². The molecule has 0 bridgehead atoms. The van der Waals surface area contributed by atoms with Gasteiger partial charge in [0.25, 0.3) is 0 Å². The van der Waals surface area contributed by atoms with Crippen molar-refractivity contribution in [3.63, 3.8) is 0 Å². The van der Waals surface area contributed by atoms with Gasteiger partial charge in [0.05, 0.1) is 6.10 Å². The second-order valence-corrected chi connectivity index (χ2v) is 3.41. The summed E-state index contributed by atoms with van der Waals surface area (Å²) in [7, 11) is 0. The Morgan fingerprint density at radius 3 is 2.09 bits per heavy atom. The molecular formula is C10H22O. The average Bonchev–Trinajstić information content (AvgIpc) is 1.96. The van der Waals surface area contributed by atoms with E-state index >= 15 is 0 Å². The third-order valence-corrected chi connectivity index (χ3v) is 1.98. The summed E-state index contributed by atoms with van der Waals surface area (Å²) in [6, 6.07) is 0. The van der Waals surface area contributed by atoms with Crippen LogP contribution in [-0.2, 0) is 0 Å². The maximum Gasteiger partial charge on any atom is 0.0512 e. The first kappa shape index (κ1) is 11.0. The Labute approximate surface area is 70.8 Å². The molecule has 1 atom stereocenters. The van der Waals surface area contributed by atoms with Crippen molar-refractivity contribution in [2.24, 2.45) is 0 Å².